The molecule has 5 nitrogen and oxygen atoms in total. The Kier molecular flexibility index (Phi) is 3.70. The van der Waals surface area contributed by atoms with E-state index < -0.39 is 11.8 Å². The fourth-order valence-corrected chi connectivity index (χ4v) is 1.60. The first-order valence-electron chi connectivity index (χ1n) is 5.61. The van der Waals surface area contributed by atoms with Crippen molar-refractivity contribution in [2.45, 2.75) is 13.5 Å². The number of nitrogens with zero attached hydrogens (tertiary/aromatic N) is 2. The number of anilines is 1. The minimum atomic E-state index is -1.29. The number of benzene rings is 1. The first-order valence-corrected chi connectivity index (χ1v) is 5.61. The molecule has 1 heterocycles. The molecule has 0 amide bonds. The van der Waals surface area contributed by atoms with Crippen LogP contribution in [0.1, 0.15) is 21.9 Å². The van der Waals surface area contributed by atoms with E-state index in [1.807, 2.05) is 0 Å². The summed E-state index contributed by atoms with van der Waals surface area (Å²) in [5.74, 6) is -1.39. The van der Waals surface area contributed by atoms with Gasteiger partial charge in [-0.3, -0.25) is 0 Å². The summed E-state index contributed by atoms with van der Waals surface area (Å²) in [7, 11) is 0. The first-order chi connectivity index (χ1) is 9.06. The van der Waals surface area contributed by atoms with Gasteiger partial charge in [0, 0.05) is 11.9 Å². The predicted octanol–water partition coefficient (Wildman–Crippen LogP) is 2.23. The molecule has 0 radical (unpaired) electrons. The summed E-state index contributed by atoms with van der Waals surface area (Å²) in [5.41, 5.74) is 0.938. The van der Waals surface area contributed by atoms with Gasteiger partial charge in [-0.05, 0) is 31.2 Å². The van der Waals surface area contributed by atoms with Crippen molar-refractivity contribution in [2.75, 3.05) is 5.32 Å². The van der Waals surface area contributed by atoms with E-state index in [9.17, 15) is 9.18 Å². The molecule has 0 aliphatic heterocycles. The molecular formula is C13H12FN3O2. The van der Waals surface area contributed by atoms with E-state index in [1.165, 1.54) is 12.1 Å². The first kappa shape index (κ1) is 12.9. The maximum atomic E-state index is 13.2. The highest BCUT2D eigenvalue weighted by molar-refractivity contribution is 5.89. The molecule has 98 valence electrons. The Morgan fingerprint density at radius 3 is 2.89 bits per heavy atom. The third kappa shape index (κ3) is 3.25. The number of aromatic nitrogens is 2. The number of nitrogens with one attached hydrogen (secondary N) is 1. The molecule has 2 N–H and O–H groups in total. The van der Waals surface area contributed by atoms with Crippen LogP contribution in [0.4, 0.5) is 10.1 Å². The average molecular weight is 261 g/mol. The molecule has 1 aromatic heterocycles. The Hall–Kier alpha value is -2.50. The predicted molar refractivity (Wildman–Crippen MR) is 67.5 cm³/mol. The maximum Gasteiger partial charge on any atom is 0.338 e. The molecule has 0 spiro atoms. The molecule has 0 fully saturated rings. The lowest BCUT2D eigenvalue weighted by Crippen LogP contribution is -2.06. The van der Waals surface area contributed by atoms with Gasteiger partial charge in [-0.2, -0.15) is 0 Å². The minimum Gasteiger partial charge on any atom is -0.478 e. The molecule has 0 atom stereocenters. The van der Waals surface area contributed by atoms with E-state index in [-0.39, 0.29) is 5.56 Å². The summed E-state index contributed by atoms with van der Waals surface area (Å²) in [6, 6.07) is 5.61. The topological polar surface area (TPSA) is 75.1 Å². The van der Waals surface area contributed by atoms with Crippen molar-refractivity contribution in [1.82, 2.24) is 9.97 Å². The summed E-state index contributed by atoms with van der Waals surface area (Å²) in [6.45, 7) is 2.19. The van der Waals surface area contributed by atoms with Crippen molar-refractivity contribution in [2.24, 2.45) is 0 Å². The van der Waals surface area contributed by atoms with Gasteiger partial charge < -0.3 is 10.4 Å². The molecule has 0 unspecified atom stereocenters. The highest BCUT2D eigenvalue weighted by Crippen LogP contribution is 2.15. The van der Waals surface area contributed by atoms with Crippen molar-refractivity contribution >= 4 is 11.7 Å². The Labute approximate surface area is 109 Å². The number of carbonyl (C=O) groups is 1. The zero-order chi connectivity index (χ0) is 13.8. The van der Waals surface area contributed by atoms with Crippen molar-refractivity contribution in [3.8, 4) is 0 Å². The van der Waals surface area contributed by atoms with E-state index in [4.69, 9.17) is 5.11 Å². The standard InChI is InChI=1S/C13H12FN3O2/c1-8-15-5-4-10(17-8)7-16-9-2-3-12(14)11(6-9)13(18)19/h2-6,16H,7H2,1H3,(H,18,19). The second kappa shape index (κ2) is 5.43. The number of hydrogen-bond donors (Lipinski definition) is 2. The summed E-state index contributed by atoms with van der Waals surface area (Å²) < 4.78 is 13.2. The Morgan fingerprint density at radius 2 is 2.21 bits per heavy atom. The molecule has 0 saturated carbocycles. The third-order valence-electron chi connectivity index (χ3n) is 2.50. The number of aryl methyl sites for hydroxylation is 1. The lowest BCUT2D eigenvalue weighted by Gasteiger charge is -2.07. The minimum absolute atomic E-state index is 0.358. The Morgan fingerprint density at radius 1 is 1.42 bits per heavy atom. The SMILES string of the molecule is Cc1nccc(CNc2ccc(F)c(C(=O)O)c2)n1. The number of hydrogen-bond acceptors (Lipinski definition) is 4. The maximum absolute atomic E-state index is 13.2. The number of carboxylic acids is 1. The third-order valence-corrected chi connectivity index (χ3v) is 2.50. The van der Waals surface area contributed by atoms with E-state index in [2.05, 4.69) is 15.3 Å². The van der Waals surface area contributed by atoms with Gasteiger partial charge in [-0.25, -0.2) is 19.2 Å². The molecular weight excluding hydrogens is 249 g/mol. The van der Waals surface area contributed by atoms with Gasteiger partial charge in [0.25, 0.3) is 0 Å². The van der Waals surface area contributed by atoms with Crippen molar-refractivity contribution in [3.63, 3.8) is 0 Å². The largest absolute Gasteiger partial charge is 0.478 e. The zero-order valence-electron chi connectivity index (χ0n) is 10.2. The molecule has 1 aromatic carbocycles. The van der Waals surface area contributed by atoms with Gasteiger partial charge >= 0.3 is 5.97 Å². The van der Waals surface area contributed by atoms with Crippen LogP contribution in [0, 0.1) is 12.7 Å². The van der Waals surface area contributed by atoms with Crippen LogP contribution in [-0.2, 0) is 6.54 Å². The Bertz CT molecular complexity index is 617. The number of carboxylic acid groups (broad SMARTS) is 1. The van der Waals surface area contributed by atoms with E-state index in [1.54, 1.807) is 19.2 Å². The van der Waals surface area contributed by atoms with Crippen molar-refractivity contribution in [1.29, 1.82) is 0 Å². The quantitative estimate of drug-likeness (QED) is 0.882. The van der Waals surface area contributed by atoms with Crippen LogP contribution in [0.3, 0.4) is 0 Å². The van der Waals surface area contributed by atoms with Crippen LogP contribution in [0.2, 0.25) is 0 Å². The molecule has 2 aromatic rings. The summed E-state index contributed by atoms with van der Waals surface area (Å²) in [6.07, 6.45) is 1.65. The lowest BCUT2D eigenvalue weighted by atomic mass is 10.2. The molecule has 0 aliphatic carbocycles. The smallest absolute Gasteiger partial charge is 0.338 e. The van der Waals surface area contributed by atoms with Crippen LogP contribution in [0.5, 0.6) is 0 Å². The van der Waals surface area contributed by atoms with Crippen LogP contribution >= 0.6 is 0 Å². The highest BCUT2D eigenvalue weighted by Gasteiger charge is 2.10. The molecule has 6 heteroatoms. The van der Waals surface area contributed by atoms with E-state index in [0.717, 1.165) is 11.8 Å². The number of rotatable bonds is 4. The van der Waals surface area contributed by atoms with Gasteiger partial charge in [0.15, 0.2) is 0 Å². The molecule has 2 rings (SSSR count). The van der Waals surface area contributed by atoms with E-state index >= 15 is 0 Å². The molecule has 0 bridgehead atoms. The van der Waals surface area contributed by atoms with Crippen molar-refractivity contribution in [3.05, 3.63) is 53.4 Å². The van der Waals surface area contributed by atoms with Crippen LogP contribution in [0.15, 0.2) is 30.5 Å². The normalized spacial score (nSPS) is 10.2. The zero-order valence-corrected chi connectivity index (χ0v) is 10.2. The number of halogens is 1. The summed E-state index contributed by atoms with van der Waals surface area (Å²) in [4.78, 5) is 19.0. The monoisotopic (exact) mass is 261 g/mol. The number of aromatic carboxylic acids is 1. The van der Waals surface area contributed by atoms with Gasteiger partial charge in [0.2, 0.25) is 0 Å². The van der Waals surface area contributed by atoms with E-state index in [0.29, 0.717) is 18.1 Å². The second-order valence-electron chi connectivity index (χ2n) is 3.95. The molecule has 19 heavy (non-hydrogen) atoms. The second-order valence-corrected chi connectivity index (χ2v) is 3.95. The fourth-order valence-electron chi connectivity index (χ4n) is 1.60. The van der Waals surface area contributed by atoms with Crippen LogP contribution in [0.25, 0.3) is 0 Å². The summed E-state index contributed by atoms with van der Waals surface area (Å²) >= 11 is 0. The molecule has 0 saturated heterocycles. The van der Waals surface area contributed by atoms with Gasteiger partial charge in [0.05, 0.1) is 17.8 Å². The lowest BCUT2D eigenvalue weighted by molar-refractivity contribution is 0.0692. The highest BCUT2D eigenvalue weighted by atomic mass is 19.1. The van der Waals surface area contributed by atoms with Gasteiger partial charge in [-0.15, -0.1) is 0 Å². The van der Waals surface area contributed by atoms with Crippen LogP contribution in [-0.4, -0.2) is 21.0 Å². The average Bonchev–Trinajstić information content (AvgIpc) is 2.37. The van der Waals surface area contributed by atoms with Gasteiger partial charge in [0.1, 0.15) is 11.6 Å². The van der Waals surface area contributed by atoms with Crippen molar-refractivity contribution < 1.29 is 14.3 Å². The van der Waals surface area contributed by atoms with Gasteiger partial charge in [-0.1, -0.05) is 0 Å². The van der Waals surface area contributed by atoms with Crippen LogP contribution < -0.4 is 5.32 Å². The molecule has 0 aliphatic rings. The Balaban J connectivity index is 2.12. The fraction of sp³-hybridized carbons (Fsp3) is 0.154. The summed E-state index contributed by atoms with van der Waals surface area (Å²) in [5, 5.41) is 11.8.